The van der Waals surface area contributed by atoms with E-state index < -0.39 is 15.6 Å². The number of carbonyl (C=O) groups is 1. The predicted octanol–water partition coefficient (Wildman–Crippen LogP) is 2.34. The number of carbonyl (C=O) groups excluding carboxylic acids is 1. The number of pyridine rings is 1. The monoisotopic (exact) mass is 482 g/mol. The van der Waals surface area contributed by atoms with Crippen LogP contribution in [0.25, 0.3) is 16.6 Å². The van der Waals surface area contributed by atoms with Gasteiger partial charge in [0.1, 0.15) is 11.5 Å². The zero-order chi connectivity index (χ0) is 24.1. The molecule has 9 nitrogen and oxygen atoms in total. The average molecular weight is 483 g/mol. The Labute approximate surface area is 200 Å². The molecule has 0 bridgehead atoms. The van der Waals surface area contributed by atoms with Crippen molar-refractivity contribution in [3.8, 4) is 6.07 Å². The summed E-state index contributed by atoms with van der Waals surface area (Å²) in [5.41, 5.74) is 2.57. The van der Waals surface area contributed by atoms with Gasteiger partial charge in [0.2, 0.25) is 16.4 Å². The maximum atomic E-state index is 12.3. The van der Waals surface area contributed by atoms with Crippen molar-refractivity contribution in [1.29, 1.82) is 5.26 Å². The molecule has 0 spiro atoms. The van der Waals surface area contributed by atoms with Crippen LogP contribution >= 0.6 is 0 Å². The van der Waals surface area contributed by atoms with E-state index >= 15 is 0 Å². The van der Waals surface area contributed by atoms with E-state index in [1.807, 2.05) is 18.3 Å². The highest BCUT2D eigenvalue weighted by Gasteiger charge is 2.51. The van der Waals surface area contributed by atoms with Gasteiger partial charge in [0.15, 0.2) is 0 Å². The lowest BCUT2D eigenvalue weighted by molar-refractivity contribution is -0.107. The fourth-order valence-corrected chi connectivity index (χ4v) is 6.55. The van der Waals surface area contributed by atoms with Crippen LogP contribution < -0.4 is 4.90 Å². The SMILES string of the molecule is CCS(=O)(=O)N1CC(CC#N)(N2CC=C(c3cc(N(C=O)C4CC4)nc4[nH]ccc34)[C@H](C)C2)C1. The molecule has 3 aliphatic rings. The van der Waals surface area contributed by atoms with Gasteiger partial charge in [0.25, 0.3) is 0 Å². The first kappa shape index (κ1) is 23.0. The van der Waals surface area contributed by atoms with Crippen molar-refractivity contribution in [2.24, 2.45) is 5.92 Å². The van der Waals surface area contributed by atoms with Gasteiger partial charge in [-0.15, -0.1) is 0 Å². The van der Waals surface area contributed by atoms with E-state index in [1.54, 1.807) is 11.8 Å². The summed E-state index contributed by atoms with van der Waals surface area (Å²) in [5, 5.41) is 10.5. The molecule has 4 heterocycles. The smallest absolute Gasteiger partial charge is 0.215 e. The van der Waals surface area contributed by atoms with E-state index in [9.17, 15) is 18.5 Å². The zero-order valence-corrected chi connectivity index (χ0v) is 20.4. The van der Waals surface area contributed by atoms with E-state index in [1.165, 1.54) is 9.88 Å². The number of rotatable bonds is 8. The first-order valence-corrected chi connectivity index (χ1v) is 13.4. The summed E-state index contributed by atoms with van der Waals surface area (Å²) in [6.45, 7) is 5.92. The molecule has 1 saturated carbocycles. The lowest BCUT2D eigenvalue weighted by Gasteiger charge is -2.55. The molecule has 10 heteroatoms. The molecule has 34 heavy (non-hydrogen) atoms. The molecule has 180 valence electrons. The van der Waals surface area contributed by atoms with Crippen molar-refractivity contribution < 1.29 is 13.2 Å². The van der Waals surface area contributed by atoms with Gasteiger partial charge in [-0.2, -0.15) is 9.57 Å². The highest BCUT2D eigenvalue weighted by molar-refractivity contribution is 7.89. The van der Waals surface area contributed by atoms with E-state index in [2.05, 4.69) is 29.0 Å². The number of sulfonamides is 1. The molecule has 2 aromatic rings. The topological polar surface area (TPSA) is 113 Å². The van der Waals surface area contributed by atoms with Crippen molar-refractivity contribution in [1.82, 2.24) is 19.2 Å². The van der Waals surface area contributed by atoms with Crippen molar-refractivity contribution in [2.75, 3.05) is 36.8 Å². The molecule has 1 N–H and O–H groups in total. The van der Waals surface area contributed by atoms with Gasteiger partial charge in [-0.1, -0.05) is 13.0 Å². The number of nitriles is 1. The van der Waals surface area contributed by atoms with Crippen molar-refractivity contribution >= 4 is 38.9 Å². The van der Waals surface area contributed by atoms with Crippen LogP contribution in [0.1, 0.15) is 38.7 Å². The Kier molecular flexibility index (Phi) is 5.74. The highest BCUT2D eigenvalue weighted by Crippen LogP contribution is 2.40. The van der Waals surface area contributed by atoms with Crippen LogP contribution in [0.4, 0.5) is 5.82 Å². The second kappa shape index (κ2) is 8.48. The highest BCUT2D eigenvalue weighted by atomic mass is 32.2. The Morgan fingerprint density at radius 1 is 1.38 bits per heavy atom. The van der Waals surface area contributed by atoms with Crippen LogP contribution in [-0.2, 0) is 14.8 Å². The zero-order valence-electron chi connectivity index (χ0n) is 19.6. The summed E-state index contributed by atoms with van der Waals surface area (Å²) in [4.78, 5) is 23.6. The number of fused-ring (bicyclic) bond motifs is 1. The summed E-state index contributed by atoms with van der Waals surface area (Å²) in [5.74, 6) is 0.907. The van der Waals surface area contributed by atoms with Crippen LogP contribution in [-0.4, -0.2) is 77.5 Å². The van der Waals surface area contributed by atoms with Gasteiger partial charge in [-0.3, -0.25) is 14.6 Å². The van der Waals surface area contributed by atoms with Gasteiger partial charge in [-0.25, -0.2) is 13.4 Å². The van der Waals surface area contributed by atoms with E-state index in [4.69, 9.17) is 4.98 Å². The lowest BCUT2D eigenvalue weighted by atomic mass is 9.82. The molecule has 1 saturated heterocycles. The number of nitrogens with one attached hydrogen (secondary N) is 1. The number of amides is 1. The molecule has 1 atom stereocenters. The molecule has 5 rings (SSSR count). The fourth-order valence-electron chi connectivity index (χ4n) is 5.31. The van der Waals surface area contributed by atoms with Crippen molar-refractivity contribution in [3.05, 3.63) is 30.0 Å². The molecule has 2 fully saturated rings. The Morgan fingerprint density at radius 3 is 2.76 bits per heavy atom. The minimum Gasteiger partial charge on any atom is -0.346 e. The Balaban J connectivity index is 1.45. The van der Waals surface area contributed by atoms with E-state index in [-0.39, 0.29) is 17.7 Å². The van der Waals surface area contributed by atoms with Crippen LogP contribution in [0.15, 0.2) is 24.4 Å². The molecule has 0 aromatic carbocycles. The Bertz CT molecular complexity index is 1280. The minimum absolute atomic E-state index is 0.0752. The van der Waals surface area contributed by atoms with Gasteiger partial charge < -0.3 is 4.98 Å². The third-order valence-corrected chi connectivity index (χ3v) is 9.25. The lowest BCUT2D eigenvalue weighted by Crippen LogP contribution is -2.72. The van der Waals surface area contributed by atoms with Gasteiger partial charge in [0.05, 0.1) is 23.8 Å². The van der Waals surface area contributed by atoms with Gasteiger partial charge >= 0.3 is 0 Å². The minimum atomic E-state index is -3.25. The molecule has 2 aromatic heterocycles. The molecule has 2 aliphatic heterocycles. The average Bonchev–Trinajstić information content (AvgIpc) is 3.51. The first-order valence-electron chi connectivity index (χ1n) is 11.8. The van der Waals surface area contributed by atoms with Crippen LogP contribution in [0, 0.1) is 17.2 Å². The maximum Gasteiger partial charge on any atom is 0.215 e. The number of nitrogens with zero attached hydrogens (tertiary/aromatic N) is 5. The summed E-state index contributed by atoms with van der Waals surface area (Å²) in [7, 11) is -3.25. The standard InChI is InChI=1S/C24H30N6O3S/c1-3-34(32,33)29-14-24(15-29,8-9-25)28-11-7-19(17(2)13-28)21-12-22(30(16-31)18-4-5-18)27-23-20(21)6-10-26-23/h6-7,10,12,16-18H,3-5,8,11,13-15H2,1-2H3,(H,26,27)/t17-/m1/s1. The number of aromatic nitrogens is 2. The molecule has 1 aliphatic carbocycles. The van der Waals surface area contributed by atoms with Crippen LogP contribution in [0.2, 0.25) is 0 Å². The predicted molar refractivity (Wildman–Crippen MR) is 130 cm³/mol. The quantitative estimate of drug-likeness (QED) is 0.578. The molecule has 0 radical (unpaired) electrons. The number of aromatic amines is 1. The Hall–Kier alpha value is -2.74. The normalized spacial score (nSPS) is 23.2. The summed E-state index contributed by atoms with van der Waals surface area (Å²) < 4.78 is 26.1. The molecular formula is C24H30N6O3S. The maximum absolute atomic E-state index is 12.3. The van der Waals surface area contributed by atoms with Crippen molar-refractivity contribution in [2.45, 2.75) is 44.7 Å². The molecule has 0 unspecified atom stereocenters. The van der Waals surface area contributed by atoms with E-state index in [0.717, 1.165) is 42.4 Å². The first-order chi connectivity index (χ1) is 16.3. The van der Waals surface area contributed by atoms with Crippen LogP contribution in [0.5, 0.6) is 0 Å². The number of anilines is 1. The number of hydrogen-bond acceptors (Lipinski definition) is 6. The van der Waals surface area contributed by atoms with Gasteiger partial charge in [-0.05, 0) is 49.0 Å². The van der Waals surface area contributed by atoms with E-state index in [0.29, 0.717) is 31.9 Å². The Morgan fingerprint density at radius 2 is 2.15 bits per heavy atom. The third-order valence-electron chi connectivity index (χ3n) is 7.48. The summed E-state index contributed by atoms with van der Waals surface area (Å²) in [6, 6.07) is 6.54. The summed E-state index contributed by atoms with van der Waals surface area (Å²) >= 11 is 0. The van der Waals surface area contributed by atoms with Crippen LogP contribution in [0.3, 0.4) is 0 Å². The number of hydrogen-bond donors (Lipinski definition) is 1. The fraction of sp³-hybridized carbons (Fsp3) is 0.542. The van der Waals surface area contributed by atoms with Crippen molar-refractivity contribution in [3.63, 3.8) is 0 Å². The second-order valence-electron chi connectivity index (χ2n) is 9.71. The number of H-pyrrole nitrogens is 1. The largest absolute Gasteiger partial charge is 0.346 e. The third kappa shape index (κ3) is 3.82. The second-order valence-corrected chi connectivity index (χ2v) is 12.0. The van der Waals surface area contributed by atoms with Gasteiger partial charge in [0, 0.05) is 43.8 Å². The molecule has 1 amide bonds. The summed E-state index contributed by atoms with van der Waals surface area (Å²) in [6.07, 6.45) is 7.23. The molecular weight excluding hydrogens is 452 g/mol.